The molecule has 4 nitrogen and oxygen atoms in total. The molecule has 0 heterocycles. The van der Waals surface area contributed by atoms with Gasteiger partial charge >= 0.3 is 0 Å². The number of amides is 1. The Hall–Kier alpha value is -1.51. The second kappa shape index (κ2) is 7.04. The molecule has 0 radical (unpaired) electrons. The Morgan fingerprint density at radius 2 is 2.39 bits per heavy atom. The molecule has 1 atom stereocenters. The van der Waals surface area contributed by atoms with Gasteiger partial charge in [-0.15, -0.1) is 6.42 Å². The average Bonchev–Trinajstić information content (AvgIpc) is 2.38. The monoisotopic (exact) mass is 310 g/mol. The number of nitrogens with two attached hydrogens (primary N) is 1. The van der Waals surface area contributed by atoms with Crippen LogP contribution in [0.3, 0.4) is 0 Å². The molecule has 0 fully saturated rings. The minimum Gasteiger partial charge on any atom is -0.479 e. The number of rotatable bonds is 5. The summed E-state index contributed by atoms with van der Waals surface area (Å²) < 4.78 is 6.38. The molecule has 1 aromatic rings. The summed E-state index contributed by atoms with van der Waals surface area (Å²) in [6.45, 7) is 2.19. The fourth-order valence-electron chi connectivity index (χ4n) is 1.36. The molecule has 1 rings (SSSR count). The van der Waals surface area contributed by atoms with Crippen molar-refractivity contribution in [3.05, 3.63) is 28.2 Å². The number of benzene rings is 1. The average molecular weight is 311 g/mol. The van der Waals surface area contributed by atoms with Crippen molar-refractivity contribution in [1.82, 2.24) is 5.32 Å². The number of nitrogens with one attached hydrogen (secondary N) is 1. The maximum Gasteiger partial charge on any atom is 0.261 e. The van der Waals surface area contributed by atoms with Crippen molar-refractivity contribution in [2.45, 2.75) is 19.6 Å². The zero-order valence-electron chi connectivity index (χ0n) is 10.1. The van der Waals surface area contributed by atoms with E-state index in [-0.39, 0.29) is 12.5 Å². The molecule has 0 saturated carbocycles. The normalized spacial score (nSPS) is 11.4. The zero-order valence-corrected chi connectivity index (χ0v) is 11.7. The largest absolute Gasteiger partial charge is 0.479 e. The maximum atomic E-state index is 11.6. The van der Waals surface area contributed by atoms with Crippen LogP contribution in [0.1, 0.15) is 12.5 Å². The van der Waals surface area contributed by atoms with Gasteiger partial charge in [-0.25, -0.2) is 0 Å². The first-order chi connectivity index (χ1) is 8.60. The van der Waals surface area contributed by atoms with Gasteiger partial charge in [0.15, 0.2) is 6.10 Å². The fraction of sp³-hybridized carbons (Fsp3) is 0.308. The van der Waals surface area contributed by atoms with Gasteiger partial charge in [0.2, 0.25) is 0 Å². The number of carbonyl (C=O) groups is 1. The molecule has 96 valence electrons. The van der Waals surface area contributed by atoms with E-state index in [1.807, 2.05) is 18.2 Å². The molecule has 3 N–H and O–H groups in total. The number of para-hydroxylation sites is 1. The van der Waals surface area contributed by atoms with E-state index in [0.717, 1.165) is 10.0 Å². The Labute approximate surface area is 115 Å². The first-order valence-electron chi connectivity index (χ1n) is 5.45. The minimum absolute atomic E-state index is 0.187. The number of ether oxygens (including phenoxy) is 1. The van der Waals surface area contributed by atoms with E-state index in [2.05, 4.69) is 27.2 Å². The standard InChI is InChI=1S/C13H15BrN2O2/c1-3-7-16-13(17)9(2)18-12-10(8-15)5-4-6-11(12)14/h1,4-6,9H,7-8,15H2,2H3,(H,16,17). The molecule has 0 aliphatic heterocycles. The van der Waals surface area contributed by atoms with Crippen LogP contribution < -0.4 is 15.8 Å². The highest BCUT2D eigenvalue weighted by atomic mass is 79.9. The summed E-state index contributed by atoms with van der Waals surface area (Å²) in [7, 11) is 0. The SMILES string of the molecule is C#CCNC(=O)C(C)Oc1c(Br)cccc1CN. The third kappa shape index (κ3) is 3.76. The molecule has 5 heteroatoms. The van der Waals surface area contributed by atoms with Crippen molar-refractivity contribution >= 4 is 21.8 Å². The first kappa shape index (κ1) is 14.6. The number of hydrogen-bond donors (Lipinski definition) is 2. The van der Waals surface area contributed by atoms with Crippen molar-refractivity contribution in [3.63, 3.8) is 0 Å². The fourth-order valence-corrected chi connectivity index (χ4v) is 1.86. The van der Waals surface area contributed by atoms with Crippen LogP contribution in [0.25, 0.3) is 0 Å². The van der Waals surface area contributed by atoms with Crippen LogP contribution in [-0.4, -0.2) is 18.6 Å². The van der Waals surface area contributed by atoms with E-state index in [4.69, 9.17) is 16.9 Å². The van der Waals surface area contributed by atoms with Crippen LogP contribution in [0, 0.1) is 12.3 Å². The zero-order chi connectivity index (χ0) is 13.5. The van der Waals surface area contributed by atoms with Gasteiger partial charge in [0.25, 0.3) is 5.91 Å². The Morgan fingerprint density at radius 3 is 3.00 bits per heavy atom. The summed E-state index contributed by atoms with van der Waals surface area (Å²) >= 11 is 3.37. The van der Waals surface area contributed by atoms with Crippen LogP contribution in [0.2, 0.25) is 0 Å². The molecular formula is C13H15BrN2O2. The van der Waals surface area contributed by atoms with Crippen molar-refractivity contribution < 1.29 is 9.53 Å². The highest BCUT2D eigenvalue weighted by Crippen LogP contribution is 2.29. The van der Waals surface area contributed by atoms with Gasteiger partial charge in [0, 0.05) is 12.1 Å². The van der Waals surface area contributed by atoms with Crippen LogP contribution in [0.5, 0.6) is 5.75 Å². The van der Waals surface area contributed by atoms with E-state index in [1.165, 1.54) is 0 Å². The molecule has 0 aliphatic rings. The highest BCUT2D eigenvalue weighted by molar-refractivity contribution is 9.10. The summed E-state index contributed by atoms with van der Waals surface area (Å²) in [5.74, 6) is 2.66. The third-order valence-corrected chi connectivity index (χ3v) is 2.92. The summed E-state index contributed by atoms with van der Waals surface area (Å²) in [6.07, 6.45) is 4.43. The molecule has 1 unspecified atom stereocenters. The highest BCUT2D eigenvalue weighted by Gasteiger charge is 2.17. The van der Waals surface area contributed by atoms with Crippen LogP contribution in [-0.2, 0) is 11.3 Å². The Bertz CT molecular complexity index is 469. The van der Waals surface area contributed by atoms with E-state index >= 15 is 0 Å². The molecule has 1 aromatic carbocycles. The molecule has 0 spiro atoms. The second-order valence-electron chi connectivity index (χ2n) is 3.61. The van der Waals surface area contributed by atoms with Gasteiger partial charge in [-0.1, -0.05) is 18.1 Å². The molecule has 0 saturated heterocycles. The number of hydrogen-bond acceptors (Lipinski definition) is 3. The van der Waals surface area contributed by atoms with Gasteiger partial charge in [0.05, 0.1) is 11.0 Å². The first-order valence-corrected chi connectivity index (χ1v) is 6.24. The number of terminal acetylenes is 1. The molecule has 0 aromatic heterocycles. The lowest BCUT2D eigenvalue weighted by Crippen LogP contribution is -2.36. The summed E-state index contributed by atoms with van der Waals surface area (Å²) in [6, 6.07) is 5.55. The molecule has 18 heavy (non-hydrogen) atoms. The van der Waals surface area contributed by atoms with Gasteiger partial charge < -0.3 is 15.8 Å². The van der Waals surface area contributed by atoms with Crippen molar-refractivity contribution in [3.8, 4) is 18.1 Å². The van der Waals surface area contributed by atoms with Crippen LogP contribution >= 0.6 is 15.9 Å². The van der Waals surface area contributed by atoms with E-state index in [0.29, 0.717) is 12.3 Å². The third-order valence-electron chi connectivity index (χ3n) is 2.30. The van der Waals surface area contributed by atoms with E-state index < -0.39 is 6.10 Å². The lowest BCUT2D eigenvalue weighted by atomic mass is 10.2. The summed E-state index contributed by atoms with van der Waals surface area (Å²) in [5, 5.41) is 2.56. The van der Waals surface area contributed by atoms with Crippen LogP contribution in [0.4, 0.5) is 0 Å². The maximum absolute atomic E-state index is 11.6. The predicted octanol–water partition coefficient (Wildman–Crippen LogP) is 1.42. The summed E-state index contributed by atoms with van der Waals surface area (Å²) in [5.41, 5.74) is 6.46. The van der Waals surface area contributed by atoms with Crippen molar-refractivity contribution in [1.29, 1.82) is 0 Å². The Kier molecular flexibility index (Phi) is 5.69. The van der Waals surface area contributed by atoms with Gasteiger partial charge in [-0.05, 0) is 28.9 Å². The van der Waals surface area contributed by atoms with Crippen molar-refractivity contribution in [2.75, 3.05) is 6.54 Å². The topological polar surface area (TPSA) is 64.3 Å². The van der Waals surface area contributed by atoms with Crippen molar-refractivity contribution in [2.24, 2.45) is 5.73 Å². The molecule has 0 bridgehead atoms. The van der Waals surface area contributed by atoms with Gasteiger partial charge in [-0.3, -0.25) is 4.79 Å². The van der Waals surface area contributed by atoms with Gasteiger partial charge in [-0.2, -0.15) is 0 Å². The molecule has 1 amide bonds. The number of halogens is 1. The van der Waals surface area contributed by atoms with Gasteiger partial charge in [0.1, 0.15) is 5.75 Å². The summed E-state index contributed by atoms with van der Waals surface area (Å²) in [4.78, 5) is 11.6. The quantitative estimate of drug-likeness (QED) is 0.809. The van der Waals surface area contributed by atoms with Crippen LogP contribution in [0.15, 0.2) is 22.7 Å². The van der Waals surface area contributed by atoms with E-state index in [9.17, 15) is 4.79 Å². The van der Waals surface area contributed by atoms with E-state index in [1.54, 1.807) is 6.92 Å². The Balaban J connectivity index is 2.78. The molecular weight excluding hydrogens is 296 g/mol. The minimum atomic E-state index is -0.637. The lowest BCUT2D eigenvalue weighted by molar-refractivity contribution is -0.127. The number of carbonyl (C=O) groups excluding carboxylic acids is 1. The lowest BCUT2D eigenvalue weighted by Gasteiger charge is -2.17. The Morgan fingerprint density at radius 1 is 1.67 bits per heavy atom. The smallest absolute Gasteiger partial charge is 0.261 e. The predicted molar refractivity (Wildman–Crippen MR) is 74.0 cm³/mol. The second-order valence-corrected chi connectivity index (χ2v) is 4.47. The molecule has 0 aliphatic carbocycles.